The molecule has 0 bridgehead atoms. The van der Waals surface area contributed by atoms with Gasteiger partial charge in [0.2, 0.25) is 0 Å². The molecule has 0 aliphatic carbocycles. The van der Waals surface area contributed by atoms with Gasteiger partial charge in [-0.3, -0.25) is 18.6 Å². The maximum Gasteiger partial charge on any atom is 0.472 e. The second-order valence-electron chi connectivity index (χ2n) is 28.3. The van der Waals surface area contributed by atoms with Gasteiger partial charge in [-0.1, -0.05) is 403 Å². The standard InChI is InChI=1S/C93H160NO8P/c1-3-5-7-9-11-13-15-17-19-21-23-25-27-29-31-33-35-37-39-41-43-45-47-49-51-53-55-57-59-61-63-65-67-69-71-73-75-77-79-81-83-85-92(95)99-89-91(90-101-103(97,98)100-88-87-94)102-93(96)86-84-82-80-78-76-74-72-70-68-66-64-62-60-58-56-54-52-50-48-46-44-42-40-38-36-34-32-30-28-26-24-22-20-18-16-14-12-10-8-6-4-2/h6,8,12,14,18,20-21,23-24,26,30,32,36,38,42,44,48,50,54,56,60,62,66,68,72,74,91H,3-5,7,9-11,13,15-17,19,22,25,27-29,31,33-35,37,39-41,43,45-47,49,51-53,55,57-59,61,63-65,67,69-71,73,75-90,94H2,1-2H3,(H,97,98)/b8-6-,14-12-,20-18-,23-21-,26-24-,32-30-,38-36-,44-42-,50-48-,56-54-,62-60-,68-66-,74-72-. The predicted molar refractivity (Wildman–Crippen MR) is 450 cm³/mol. The van der Waals surface area contributed by atoms with Crippen molar-refractivity contribution in [3.63, 3.8) is 0 Å². The van der Waals surface area contributed by atoms with Crippen LogP contribution in [0.2, 0.25) is 0 Å². The van der Waals surface area contributed by atoms with Gasteiger partial charge in [-0.05, 0) is 128 Å². The number of carbonyl (C=O) groups excluding carboxylic acids is 2. The molecule has 0 aromatic carbocycles. The Hall–Kier alpha value is -4.37. The molecule has 0 saturated heterocycles. The van der Waals surface area contributed by atoms with Gasteiger partial charge < -0.3 is 20.1 Å². The zero-order valence-corrected chi connectivity index (χ0v) is 67.7. The lowest BCUT2D eigenvalue weighted by Crippen LogP contribution is -2.29. The first-order chi connectivity index (χ1) is 50.8. The molecule has 0 spiro atoms. The Morgan fingerprint density at radius 3 is 0.806 bits per heavy atom. The van der Waals surface area contributed by atoms with E-state index in [4.69, 9.17) is 24.3 Å². The average molecular weight is 1450 g/mol. The van der Waals surface area contributed by atoms with Crippen molar-refractivity contribution >= 4 is 19.8 Å². The Morgan fingerprint density at radius 1 is 0.301 bits per heavy atom. The molecule has 103 heavy (non-hydrogen) atoms. The maximum atomic E-state index is 12.8. The third kappa shape index (κ3) is 86.4. The third-order valence-corrected chi connectivity index (χ3v) is 19.4. The Kier molecular flexibility index (Phi) is 82.9. The van der Waals surface area contributed by atoms with Crippen molar-refractivity contribution in [3.8, 4) is 0 Å². The second kappa shape index (κ2) is 86.5. The molecule has 0 aliphatic rings. The molecule has 0 aromatic heterocycles. The summed E-state index contributed by atoms with van der Waals surface area (Å²) in [7, 11) is -4.42. The van der Waals surface area contributed by atoms with Crippen LogP contribution < -0.4 is 5.73 Å². The monoisotopic (exact) mass is 1450 g/mol. The molecule has 2 atom stereocenters. The molecule has 0 fully saturated rings. The van der Waals surface area contributed by atoms with E-state index < -0.39 is 26.5 Å². The van der Waals surface area contributed by atoms with Gasteiger partial charge in [0.25, 0.3) is 0 Å². The SMILES string of the molecule is CC/C=C\C/C=C\C/C=C\C/C=C\C/C=C\C/C=C\C/C=C\C/C=C\C/C=C\C/C=C\C/C=C\C/C=C\CCCCCCC(=O)OC(COC(=O)CCCCCCCCCCCCCCCCCCCCCCCCCCCCCCC/C=C\CCCCCCCCCC)COP(=O)(O)OCCN. The topological polar surface area (TPSA) is 134 Å². The van der Waals surface area contributed by atoms with Gasteiger partial charge in [0.15, 0.2) is 6.10 Å². The number of esters is 2. The number of carbonyl (C=O) groups is 2. The molecule has 590 valence electrons. The van der Waals surface area contributed by atoms with E-state index in [1.54, 1.807) is 0 Å². The fraction of sp³-hybridized carbons (Fsp3) is 0.699. The van der Waals surface area contributed by atoms with Gasteiger partial charge in [-0.25, -0.2) is 4.57 Å². The van der Waals surface area contributed by atoms with Gasteiger partial charge in [-0.2, -0.15) is 0 Å². The molecule has 0 amide bonds. The molecule has 10 heteroatoms. The lowest BCUT2D eigenvalue weighted by atomic mass is 10.0. The van der Waals surface area contributed by atoms with Crippen molar-refractivity contribution in [2.75, 3.05) is 26.4 Å². The van der Waals surface area contributed by atoms with E-state index in [1.165, 1.54) is 231 Å². The highest BCUT2D eigenvalue weighted by Gasteiger charge is 2.26. The fourth-order valence-corrected chi connectivity index (χ4v) is 12.9. The van der Waals surface area contributed by atoms with Crippen molar-refractivity contribution in [3.05, 3.63) is 158 Å². The van der Waals surface area contributed by atoms with Crippen molar-refractivity contribution < 1.29 is 37.6 Å². The van der Waals surface area contributed by atoms with Crippen LogP contribution in [0.5, 0.6) is 0 Å². The summed E-state index contributed by atoms with van der Waals surface area (Å²) in [4.78, 5) is 35.5. The van der Waals surface area contributed by atoms with E-state index >= 15 is 0 Å². The average Bonchev–Trinajstić information content (AvgIpc) is 0.970. The van der Waals surface area contributed by atoms with Crippen LogP contribution in [0.3, 0.4) is 0 Å². The molecule has 0 radical (unpaired) electrons. The Balaban J connectivity index is 3.87. The summed E-state index contributed by atoms with van der Waals surface area (Å²) in [6, 6.07) is 0. The Labute approximate surface area is 636 Å². The van der Waals surface area contributed by atoms with Crippen LogP contribution in [0.25, 0.3) is 0 Å². The van der Waals surface area contributed by atoms with Crippen LogP contribution in [-0.2, 0) is 32.7 Å². The largest absolute Gasteiger partial charge is 0.472 e. The quantitative estimate of drug-likeness (QED) is 0.0264. The summed E-state index contributed by atoms with van der Waals surface area (Å²) in [5.74, 6) is -0.853. The first-order valence-electron chi connectivity index (χ1n) is 43.0. The summed E-state index contributed by atoms with van der Waals surface area (Å²) < 4.78 is 33.3. The molecule has 0 rings (SSSR count). The molecular weight excluding hydrogens is 1290 g/mol. The van der Waals surface area contributed by atoms with Crippen molar-refractivity contribution in [2.45, 2.75) is 392 Å². The number of allylic oxidation sites excluding steroid dienone is 26. The van der Waals surface area contributed by atoms with E-state index in [1.807, 2.05) is 0 Å². The molecule has 3 N–H and O–H groups in total. The first kappa shape index (κ1) is 98.6. The minimum absolute atomic E-state index is 0.0429. The lowest BCUT2D eigenvalue weighted by Gasteiger charge is -2.19. The van der Waals surface area contributed by atoms with E-state index in [-0.39, 0.29) is 38.6 Å². The maximum absolute atomic E-state index is 12.8. The van der Waals surface area contributed by atoms with Gasteiger partial charge in [0, 0.05) is 19.4 Å². The van der Waals surface area contributed by atoms with Gasteiger partial charge in [-0.15, -0.1) is 0 Å². The highest BCUT2D eigenvalue weighted by molar-refractivity contribution is 7.47. The molecule has 0 aromatic rings. The summed E-state index contributed by atoms with van der Waals surface area (Å²) in [5.41, 5.74) is 5.42. The molecule has 2 unspecified atom stereocenters. The summed E-state index contributed by atoms with van der Waals surface area (Å²) in [6.07, 6.45) is 127. The smallest absolute Gasteiger partial charge is 0.462 e. The van der Waals surface area contributed by atoms with Crippen molar-refractivity contribution in [1.82, 2.24) is 0 Å². The van der Waals surface area contributed by atoms with Gasteiger partial charge in [0.1, 0.15) is 6.61 Å². The van der Waals surface area contributed by atoms with E-state index in [2.05, 4.69) is 172 Å². The van der Waals surface area contributed by atoms with Crippen LogP contribution in [0, 0.1) is 0 Å². The van der Waals surface area contributed by atoms with Crippen LogP contribution >= 0.6 is 7.82 Å². The fourth-order valence-electron chi connectivity index (χ4n) is 12.1. The number of nitrogens with two attached hydrogens (primary N) is 1. The zero-order chi connectivity index (χ0) is 74.3. The molecule has 0 heterocycles. The van der Waals surface area contributed by atoms with E-state index in [9.17, 15) is 19.0 Å². The van der Waals surface area contributed by atoms with Crippen LogP contribution in [0.4, 0.5) is 0 Å². The van der Waals surface area contributed by atoms with Crippen LogP contribution in [0.1, 0.15) is 386 Å². The summed E-state index contributed by atoms with van der Waals surface area (Å²) >= 11 is 0. The number of phosphoric acid groups is 1. The number of rotatable bonds is 80. The van der Waals surface area contributed by atoms with Gasteiger partial charge in [0.05, 0.1) is 13.2 Å². The van der Waals surface area contributed by atoms with Crippen molar-refractivity contribution in [2.24, 2.45) is 5.73 Å². The summed E-state index contributed by atoms with van der Waals surface area (Å²) in [5, 5.41) is 0. The predicted octanol–water partition coefficient (Wildman–Crippen LogP) is 29.4. The number of hydrogen-bond acceptors (Lipinski definition) is 8. The zero-order valence-electron chi connectivity index (χ0n) is 66.8. The number of hydrogen-bond donors (Lipinski definition) is 2. The van der Waals surface area contributed by atoms with Gasteiger partial charge >= 0.3 is 19.8 Å². The highest BCUT2D eigenvalue weighted by atomic mass is 31.2. The molecule has 0 saturated carbocycles. The first-order valence-corrected chi connectivity index (χ1v) is 44.5. The molecular formula is C93H160NO8P. The van der Waals surface area contributed by atoms with E-state index in [0.29, 0.717) is 6.42 Å². The van der Waals surface area contributed by atoms with Crippen molar-refractivity contribution in [1.29, 1.82) is 0 Å². The third-order valence-electron chi connectivity index (χ3n) is 18.4. The van der Waals surface area contributed by atoms with Crippen LogP contribution in [0.15, 0.2) is 158 Å². The normalized spacial score (nSPS) is 13.6. The second-order valence-corrected chi connectivity index (χ2v) is 29.8. The Morgan fingerprint density at radius 2 is 0.534 bits per heavy atom. The minimum atomic E-state index is -4.42. The number of phosphoric ester groups is 1. The number of ether oxygens (including phenoxy) is 2. The summed E-state index contributed by atoms with van der Waals surface area (Å²) in [6.45, 7) is 3.63. The number of unbranched alkanes of at least 4 members (excludes halogenated alkanes) is 41. The highest BCUT2D eigenvalue weighted by Crippen LogP contribution is 2.43. The van der Waals surface area contributed by atoms with E-state index in [0.717, 1.165) is 122 Å². The van der Waals surface area contributed by atoms with Crippen LogP contribution in [-0.4, -0.2) is 49.3 Å². The lowest BCUT2D eigenvalue weighted by molar-refractivity contribution is -0.161. The Bertz CT molecular complexity index is 2260. The molecule has 9 nitrogen and oxygen atoms in total. The minimum Gasteiger partial charge on any atom is -0.462 e. The molecule has 0 aliphatic heterocycles.